The number of carbonyl (C=O) groups excluding carboxylic acids is 1. The van der Waals surface area contributed by atoms with Crippen LogP contribution in [0.3, 0.4) is 0 Å². The minimum absolute atomic E-state index is 0.00557. The van der Waals surface area contributed by atoms with E-state index >= 15 is 0 Å². The average molecular weight is 316 g/mol. The second kappa shape index (κ2) is 5.38. The lowest BCUT2D eigenvalue weighted by molar-refractivity contribution is -0.110. The molecule has 0 radical (unpaired) electrons. The topological polar surface area (TPSA) is 37.3 Å². The van der Waals surface area contributed by atoms with Crippen molar-refractivity contribution < 1.29 is 9.90 Å². The summed E-state index contributed by atoms with van der Waals surface area (Å²) >= 11 is 0. The fraction of sp³-hybridized carbons (Fsp3) is 0.905. The van der Waals surface area contributed by atoms with E-state index in [0.717, 1.165) is 24.2 Å². The predicted molar refractivity (Wildman–Crippen MR) is 91.7 cm³/mol. The summed E-state index contributed by atoms with van der Waals surface area (Å²) in [6, 6.07) is 0. The molecule has 4 aliphatic rings. The number of aliphatic hydroxyl groups is 1. The number of hydrogen-bond acceptors (Lipinski definition) is 2. The van der Waals surface area contributed by atoms with Gasteiger partial charge in [-0.2, -0.15) is 0 Å². The van der Waals surface area contributed by atoms with E-state index in [1.807, 2.05) is 5.94 Å². The highest BCUT2D eigenvalue weighted by atomic mass is 16.3. The van der Waals surface area contributed by atoms with Gasteiger partial charge in [0, 0.05) is 5.92 Å². The van der Waals surface area contributed by atoms with Crippen molar-refractivity contribution in [1.29, 1.82) is 0 Å². The third-order valence-electron chi connectivity index (χ3n) is 9.02. The lowest BCUT2D eigenvalue weighted by Crippen LogP contribution is -2.52. The van der Waals surface area contributed by atoms with Crippen molar-refractivity contribution in [2.24, 2.45) is 40.4 Å². The van der Waals surface area contributed by atoms with E-state index in [0.29, 0.717) is 11.3 Å². The van der Waals surface area contributed by atoms with Gasteiger partial charge in [0.1, 0.15) is 0 Å². The Kier molecular flexibility index (Phi) is 3.69. The second-order valence-electron chi connectivity index (χ2n) is 9.56. The summed E-state index contributed by atoms with van der Waals surface area (Å²) in [5.74, 6) is 5.28. The van der Waals surface area contributed by atoms with Gasteiger partial charge in [0.25, 0.3) is 0 Å². The largest absolute Gasteiger partial charge is 0.502 e. The molecule has 0 aromatic carbocycles. The first-order chi connectivity index (χ1) is 11.0. The molecule has 128 valence electrons. The average Bonchev–Trinajstić information content (AvgIpc) is 2.91. The summed E-state index contributed by atoms with van der Waals surface area (Å²) in [6.45, 7) is 4.96. The summed E-state index contributed by atoms with van der Waals surface area (Å²) in [6.07, 6.45) is 13.3. The van der Waals surface area contributed by atoms with Crippen LogP contribution in [0.5, 0.6) is 0 Å². The number of allylic oxidation sites excluding steroid dienone is 1. The van der Waals surface area contributed by atoms with Gasteiger partial charge in [-0.1, -0.05) is 26.7 Å². The molecule has 4 rings (SSSR count). The highest BCUT2D eigenvalue weighted by Gasteiger charge is 2.60. The molecular weight excluding hydrogens is 284 g/mol. The van der Waals surface area contributed by atoms with Gasteiger partial charge in [0.15, 0.2) is 11.7 Å². The number of rotatable bonds is 1. The zero-order valence-corrected chi connectivity index (χ0v) is 14.8. The van der Waals surface area contributed by atoms with Crippen LogP contribution in [0.4, 0.5) is 0 Å². The maximum atomic E-state index is 11.0. The highest BCUT2D eigenvalue weighted by molar-refractivity contribution is 5.50. The first kappa shape index (κ1) is 15.8. The standard InChI is InChI=1S/C21H32O2/c1-20-11-4-3-5-14(20)6-7-15-16-8-9-18(19(23)13-22)21(16,2)12-10-17(15)20/h14-18,23H,3-12H2,1-2H3/t14?,15-,16-,17-,18+,20-,21-/m0/s1. The third kappa shape index (κ3) is 2.10. The van der Waals surface area contributed by atoms with Crippen LogP contribution in [-0.4, -0.2) is 11.0 Å². The molecule has 4 fully saturated rings. The van der Waals surface area contributed by atoms with Gasteiger partial charge >= 0.3 is 0 Å². The zero-order valence-electron chi connectivity index (χ0n) is 14.8. The Morgan fingerprint density at radius 3 is 2.48 bits per heavy atom. The Bertz CT molecular complexity index is 534. The molecule has 0 spiro atoms. The monoisotopic (exact) mass is 316 g/mol. The SMILES string of the molecule is C[C@]12CC[C@H]3[C@@H](CCC4CCCC[C@@]43C)[C@@H]1CC[C@@H]2C(O)=C=O. The molecule has 0 aromatic heterocycles. The Hall–Kier alpha value is -0.750. The van der Waals surface area contributed by atoms with E-state index in [2.05, 4.69) is 13.8 Å². The summed E-state index contributed by atoms with van der Waals surface area (Å²) < 4.78 is 0. The molecule has 4 aliphatic carbocycles. The zero-order chi connectivity index (χ0) is 16.2. The molecule has 0 heterocycles. The van der Waals surface area contributed by atoms with Crippen molar-refractivity contribution in [2.45, 2.75) is 78.1 Å². The molecule has 2 nitrogen and oxygen atoms in total. The lowest BCUT2D eigenvalue weighted by Gasteiger charge is -2.60. The molecule has 0 aromatic rings. The van der Waals surface area contributed by atoms with E-state index in [1.54, 1.807) is 0 Å². The highest BCUT2D eigenvalue weighted by Crippen LogP contribution is 2.67. The summed E-state index contributed by atoms with van der Waals surface area (Å²) in [7, 11) is 0. The minimum Gasteiger partial charge on any atom is -0.502 e. The van der Waals surface area contributed by atoms with Gasteiger partial charge in [0.2, 0.25) is 0 Å². The van der Waals surface area contributed by atoms with E-state index in [1.165, 1.54) is 57.8 Å². The van der Waals surface area contributed by atoms with Crippen molar-refractivity contribution in [3.05, 3.63) is 5.76 Å². The van der Waals surface area contributed by atoms with Crippen molar-refractivity contribution >= 4 is 5.94 Å². The first-order valence-corrected chi connectivity index (χ1v) is 9.94. The van der Waals surface area contributed by atoms with Gasteiger partial charge < -0.3 is 5.11 Å². The van der Waals surface area contributed by atoms with Crippen molar-refractivity contribution in [3.63, 3.8) is 0 Å². The van der Waals surface area contributed by atoms with Crippen LogP contribution in [-0.2, 0) is 4.79 Å². The van der Waals surface area contributed by atoms with Crippen LogP contribution in [0.15, 0.2) is 5.76 Å². The van der Waals surface area contributed by atoms with Gasteiger partial charge in [-0.25, -0.2) is 4.79 Å². The molecule has 1 N–H and O–H groups in total. The van der Waals surface area contributed by atoms with Gasteiger partial charge in [-0.3, -0.25) is 0 Å². The van der Waals surface area contributed by atoms with Crippen molar-refractivity contribution in [1.82, 2.24) is 0 Å². The van der Waals surface area contributed by atoms with Gasteiger partial charge in [-0.15, -0.1) is 0 Å². The fourth-order valence-corrected chi connectivity index (χ4v) is 7.82. The third-order valence-corrected chi connectivity index (χ3v) is 9.02. The summed E-state index contributed by atoms with van der Waals surface area (Å²) in [5.41, 5.74) is 0.712. The van der Waals surface area contributed by atoms with Crippen LogP contribution in [0.25, 0.3) is 0 Å². The van der Waals surface area contributed by atoms with Gasteiger partial charge in [-0.05, 0) is 85.9 Å². The Morgan fingerprint density at radius 1 is 0.913 bits per heavy atom. The summed E-state index contributed by atoms with van der Waals surface area (Å²) in [4.78, 5) is 11.0. The minimum atomic E-state index is 0.00557. The van der Waals surface area contributed by atoms with Crippen LogP contribution in [0.1, 0.15) is 78.1 Å². The molecule has 0 aliphatic heterocycles. The normalized spacial score (nSPS) is 52.0. The Balaban J connectivity index is 1.64. The molecule has 7 atom stereocenters. The summed E-state index contributed by atoms with van der Waals surface area (Å²) in [5, 5.41) is 10.1. The van der Waals surface area contributed by atoms with E-state index < -0.39 is 0 Å². The van der Waals surface area contributed by atoms with Gasteiger partial charge in [0.05, 0.1) is 0 Å². The van der Waals surface area contributed by atoms with E-state index in [-0.39, 0.29) is 17.1 Å². The number of fused-ring (bicyclic) bond motifs is 5. The smallest absolute Gasteiger partial charge is 0.180 e. The van der Waals surface area contributed by atoms with Crippen LogP contribution >= 0.6 is 0 Å². The first-order valence-electron chi connectivity index (χ1n) is 9.94. The van der Waals surface area contributed by atoms with Crippen molar-refractivity contribution in [3.8, 4) is 0 Å². The molecule has 0 saturated heterocycles. The Labute approximate surface area is 140 Å². The molecule has 1 unspecified atom stereocenters. The van der Waals surface area contributed by atoms with Crippen LogP contribution < -0.4 is 0 Å². The van der Waals surface area contributed by atoms with Crippen LogP contribution in [0, 0.1) is 40.4 Å². The van der Waals surface area contributed by atoms with E-state index in [9.17, 15) is 9.90 Å². The maximum Gasteiger partial charge on any atom is 0.180 e. The number of aliphatic hydroxyl groups excluding tert-OH is 1. The lowest BCUT2D eigenvalue weighted by atomic mass is 9.45. The molecule has 0 bridgehead atoms. The molecule has 0 amide bonds. The van der Waals surface area contributed by atoms with Crippen molar-refractivity contribution in [2.75, 3.05) is 0 Å². The fourth-order valence-electron chi connectivity index (χ4n) is 7.82. The molecule has 4 saturated carbocycles. The number of hydrogen-bond donors (Lipinski definition) is 1. The predicted octanol–water partition coefficient (Wildman–Crippen LogP) is 5.31. The van der Waals surface area contributed by atoms with E-state index in [4.69, 9.17) is 0 Å². The molecular formula is C21H32O2. The Morgan fingerprint density at radius 2 is 1.70 bits per heavy atom. The maximum absolute atomic E-state index is 11.0. The molecule has 2 heteroatoms. The quantitative estimate of drug-likeness (QED) is 0.526. The second-order valence-corrected chi connectivity index (χ2v) is 9.56. The molecule has 23 heavy (non-hydrogen) atoms. The van der Waals surface area contributed by atoms with Crippen LogP contribution in [0.2, 0.25) is 0 Å².